The molecule has 0 heterocycles. The van der Waals surface area contributed by atoms with Gasteiger partial charge in [-0.15, -0.1) is 0 Å². The molecule has 0 saturated carbocycles. The minimum Gasteiger partial charge on any atom is -0.493 e. The van der Waals surface area contributed by atoms with Crippen LogP contribution in [0, 0.1) is 5.92 Å². The summed E-state index contributed by atoms with van der Waals surface area (Å²) in [6.45, 7) is 5.87. The maximum absolute atomic E-state index is 6.28. The fourth-order valence-electron chi connectivity index (χ4n) is 3.05. The van der Waals surface area contributed by atoms with E-state index in [0.717, 1.165) is 52.8 Å². The zero-order valence-corrected chi connectivity index (χ0v) is 17.8. The summed E-state index contributed by atoms with van der Waals surface area (Å²) in [5.74, 6) is 2.99. The Kier molecular flexibility index (Phi) is 9.10. The number of unbranched alkanes of at least 4 members (excludes halogenated alkanes) is 1. The number of hydrogen-bond donors (Lipinski definition) is 0. The zero-order chi connectivity index (χ0) is 18.8. The lowest BCUT2D eigenvalue weighted by Gasteiger charge is -2.20. The van der Waals surface area contributed by atoms with Gasteiger partial charge >= 0.3 is 0 Å². The number of alkyl halides is 1. The van der Waals surface area contributed by atoms with Crippen LogP contribution in [0.5, 0.6) is 17.2 Å². The summed E-state index contributed by atoms with van der Waals surface area (Å²) in [5, 5.41) is 3.05. The Balaban J connectivity index is 2.28. The van der Waals surface area contributed by atoms with Crippen molar-refractivity contribution in [3.8, 4) is 17.2 Å². The van der Waals surface area contributed by atoms with Crippen molar-refractivity contribution in [1.82, 2.24) is 0 Å². The molecule has 0 amide bonds. The van der Waals surface area contributed by atoms with Gasteiger partial charge in [0, 0.05) is 22.2 Å². The summed E-state index contributed by atoms with van der Waals surface area (Å²) in [5.41, 5.74) is 0. The van der Waals surface area contributed by atoms with Crippen molar-refractivity contribution >= 4 is 26.7 Å². The molecule has 3 nitrogen and oxygen atoms in total. The summed E-state index contributed by atoms with van der Waals surface area (Å²) in [6.07, 6.45) is 5.78. The van der Waals surface area contributed by atoms with Gasteiger partial charge in [0.2, 0.25) is 0 Å². The molecular weight excluding hydrogens is 392 g/mol. The van der Waals surface area contributed by atoms with Crippen molar-refractivity contribution < 1.29 is 14.2 Å². The minimum atomic E-state index is 0.577. The molecule has 2 rings (SSSR count). The van der Waals surface area contributed by atoms with Crippen LogP contribution in [0.4, 0.5) is 0 Å². The summed E-state index contributed by atoms with van der Waals surface area (Å²) in [6, 6.07) is 10.2. The fraction of sp³-hybridized carbons (Fsp3) is 0.545. The van der Waals surface area contributed by atoms with Gasteiger partial charge in [-0.25, -0.2) is 0 Å². The van der Waals surface area contributed by atoms with E-state index < -0.39 is 0 Å². The quantitative estimate of drug-likeness (QED) is 0.284. The molecule has 1 atom stereocenters. The van der Waals surface area contributed by atoms with Crippen LogP contribution in [0.1, 0.15) is 46.0 Å². The molecule has 0 radical (unpaired) electrons. The van der Waals surface area contributed by atoms with Gasteiger partial charge in [0.25, 0.3) is 0 Å². The second kappa shape index (κ2) is 11.3. The third-order valence-electron chi connectivity index (χ3n) is 4.69. The van der Waals surface area contributed by atoms with Crippen LogP contribution in [0.15, 0.2) is 30.3 Å². The average molecular weight is 423 g/mol. The van der Waals surface area contributed by atoms with E-state index in [1.165, 1.54) is 19.3 Å². The molecule has 0 aliphatic carbocycles. The number of rotatable bonds is 12. The van der Waals surface area contributed by atoms with E-state index in [-0.39, 0.29) is 0 Å². The van der Waals surface area contributed by atoms with Gasteiger partial charge in [-0.05, 0) is 18.8 Å². The van der Waals surface area contributed by atoms with Crippen LogP contribution >= 0.6 is 15.9 Å². The summed E-state index contributed by atoms with van der Waals surface area (Å²) >= 11 is 3.45. The van der Waals surface area contributed by atoms with Crippen molar-refractivity contribution in [3.63, 3.8) is 0 Å². The van der Waals surface area contributed by atoms with E-state index in [9.17, 15) is 0 Å². The smallest absolute Gasteiger partial charge is 0.169 e. The lowest BCUT2D eigenvalue weighted by atomic mass is 10.0. The molecule has 1 unspecified atom stereocenters. The lowest BCUT2D eigenvalue weighted by Crippen LogP contribution is -2.12. The largest absolute Gasteiger partial charge is 0.493 e. The highest BCUT2D eigenvalue weighted by atomic mass is 79.9. The third kappa shape index (κ3) is 5.54. The van der Waals surface area contributed by atoms with Crippen LogP contribution in [0.3, 0.4) is 0 Å². The Morgan fingerprint density at radius 3 is 2.42 bits per heavy atom. The van der Waals surface area contributed by atoms with Crippen LogP contribution in [0.2, 0.25) is 0 Å². The van der Waals surface area contributed by atoms with Crippen molar-refractivity contribution in [2.75, 3.05) is 25.7 Å². The van der Waals surface area contributed by atoms with Crippen molar-refractivity contribution in [2.45, 2.75) is 46.0 Å². The molecular formula is C22H31BrO3. The Morgan fingerprint density at radius 2 is 1.77 bits per heavy atom. The van der Waals surface area contributed by atoms with Crippen LogP contribution < -0.4 is 14.2 Å². The first-order chi connectivity index (χ1) is 12.7. The second-order valence-corrected chi connectivity index (χ2v) is 7.36. The highest BCUT2D eigenvalue weighted by molar-refractivity contribution is 9.09. The van der Waals surface area contributed by atoms with Crippen LogP contribution in [0.25, 0.3) is 10.8 Å². The van der Waals surface area contributed by atoms with Gasteiger partial charge in [0.1, 0.15) is 5.75 Å². The number of ether oxygens (including phenoxy) is 3. The number of benzene rings is 2. The Hall–Kier alpha value is -1.42. The van der Waals surface area contributed by atoms with Crippen molar-refractivity contribution in [2.24, 2.45) is 5.92 Å². The Labute approximate surface area is 166 Å². The molecule has 0 aromatic heterocycles. The minimum absolute atomic E-state index is 0.577. The number of hydrogen-bond acceptors (Lipinski definition) is 3. The second-order valence-electron chi connectivity index (χ2n) is 6.57. The van der Waals surface area contributed by atoms with Crippen molar-refractivity contribution in [3.05, 3.63) is 30.3 Å². The molecule has 0 N–H and O–H groups in total. The van der Waals surface area contributed by atoms with E-state index in [2.05, 4.69) is 41.9 Å². The first kappa shape index (κ1) is 20.9. The Bertz CT molecular complexity index is 672. The zero-order valence-electron chi connectivity index (χ0n) is 16.2. The summed E-state index contributed by atoms with van der Waals surface area (Å²) in [4.78, 5) is 0. The molecule has 0 aliphatic heterocycles. The normalized spacial score (nSPS) is 12.2. The monoisotopic (exact) mass is 422 g/mol. The molecule has 0 fully saturated rings. The van der Waals surface area contributed by atoms with Gasteiger partial charge < -0.3 is 14.2 Å². The average Bonchev–Trinajstić information content (AvgIpc) is 2.68. The predicted molar refractivity (Wildman–Crippen MR) is 113 cm³/mol. The van der Waals surface area contributed by atoms with E-state index in [0.29, 0.717) is 12.5 Å². The van der Waals surface area contributed by atoms with Gasteiger partial charge in [-0.1, -0.05) is 73.3 Å². The van der Waals surface area contributed by atoms with Gasteiger partial charge in [-0.3, -0.25) is 0 Å². The summed E-state index contributed by atoms with van der Waals surface area (Å²) in [7, 11) is 1.69. The molecule has 26 heavy (non-hydrogen) atoms. The first-order valence-electron chi connectivity index (χ1n) is 9.66. The maximum atomic E-state index is 6.28. The first-order valence-corrected chi connectivity index (χ1v) is 10.8. The van der Waals surface area contributed by atoms with Gasteiger partial charge in [0.05, 0.1) is 20.3 Å². The van der Waals surface area contributed by atoms with Gasteiger partial charge in [0.15, 0.2) is 11.5 Å². The molecule has 0 saturated heterocycles. The van der Waals surface area contributed by atoms with E-state index in [1.54, 1.807) is 7.11 Å². The van der Waals surface area contributed by atoms with Crippen molar-refractivity contribution in [1.29, 1.82) is 0 Å². The molecule has 0 bridgehead atoms. The molecule has 0 aliphatic rings. The highest BCUT2D eigenvalue weighted by Crippen LogP contribution is 2.41. The topological polar surface area (TPSA) is 27.7 Å². The fourth-order valence-corrected chi connectivity index (χ4v) is 3.28. The van der Waals surface area contributed by atoms with Crippen LogP contribution in [-0.2, 0) is 0 Å². The molecule has 4 heteroatoms. The SMILES string of the molecule is CCCCC(CC)COc1c(OC)cc(OCCCBr)c2ccccc12. The number of methoxy groups -OCH3 is 1. The molecule has 0 spiro atoms. The van der Waals surface area contributed by atoms with E-state index in [1.807, 2.05) is 18.2 Å². The van der Waals surface area contributed by atoms with Crippen LogP contribution in [-0.4, -0.2) is 25.7 Å². The van der Waals surface area contributed by atoms with E-state index in [4.69, 9.17) is 14.2 Å². The number of fused-ring (bicyclic) bond motifs is 1. The lowest BCUT2D eigenvalue weighted by molar-refractivity contribution is 0.226. The third-order valence-corrected chi connectivity index (χ3v) is 5.25. The highest BCUT2D eigenvalue weighted by Gasteiger charge is 2.16. The van der Waals surface area contributed by atoms with E-state index >= 15 is 0 Å². The Morgan fingerprint density at radius 1 is 1.00 bits per heavy atom. The molecule has 2 aromatic rings. The molecule has 144 valence electrons. The summed E-state index contributed by atoms with van der Waals surface area (Å²) < 4.78 is 17.9. The number of halogens is 1. The standard InChI is InChI=1S/C22H31BrO3/c1-4-6-10-17(5-2)16-26-22-19-12-8-7-11-18(19)20(15-21(22)24-3)25-14-9-13-23/h7-8,11-12,15,17H,4-6,9-10,13-14,16H2,1-3H3. The predicted octanol–water partition coefficient (Wildman–Crippen LogP) is 6.61. The molecule has 2 aromatic carbocycles. The van der Waals surface area contributed by atoms with Gasteiger partial charge in [-0.2, -0.15) is 0 Å². The maximum Gasteiger partial charge on any atom is 0.169 e.